The summed E-state index contributed by atoms with van der Waals surface area (Å²) in [6.45, 7) is 3.61. The number of nitrogens with two attached hydrogens (primary N) is 2. The molecule has 3 atom stereocenters. The van der Waals surface area contributed by atoms with E-state index in [4.69, 9.17) is 16.2 Å². The summed E-state index contributed by atoms with van der Waals surface area (Å²) in [6, 6.07) is -0.583. The number of esters is 1. The summed E-state index contributed by atoms with van der Waals surface area (Å²) < 4.78 is 4.93. The molecule has 0 aromatic carbocycles. The molecule has 1 aliphatic carbocycles. The number of carbonyl (C=O) groups excluding carboxylic acids is 2. The van der Waals surface area contributed by atoms with Crippen molar-refractivity contribution in [2.24, 2.45) is 17.4 Å². The van der Waals surface area contributed by atoms with Crippen LogP contribution in [0.4, 0.5) is 0 Å². The predicted octanol–water partition coefficient (Wildman–Crippen LogP) is 0.541. The highest BCUT2D eigenvalue weighted by Gasteiger charge is 2.50. The largest absolute Gasteiger partial charge is 0.465 e. The molecule has 6 heteroatoms. The summed E-state index contributed by atoms with van der Waals surface area (Å²) in [5.74, 6) is -1.12. The Labute approximate surface area is 112 Å². The molecule has 1 saturated carbocycles. The number of Topliss-reactive ketones (excluding diaryl/α,β-unsaturated/α-hetero) is 1. The molecule has 4 N–H and O–H groups in total. The third-order valence-corrected chi connectivity index (χ3v) is 3.15. The first-order valence-corrected chi connectivity index (χ1v) is 5.69. The highest BCUT2D eigenvalue weighted by molar-refractivity contribution is 8.93. The van der Waals surface area contributed by atoms with Gasteiger partial charge in [0.25, 0.3) is 0 Å². The van der Waals surface area contributed by atoms with Crippen molar-refractivity contribution in [3.05, 3.63) is 0 Å². The average molecular weight is 309 g/mol. The maximum absolute atomic E-state index is 11.9. The molecule has 5 nitrogen and oxygen atoms in total. The van der Waals surface area contributed by atoms with Crippen molar-refractivity contribution in [1.29, 1.82) is 0 Å². The SMILES string of the molecule is Br.CCOC(=O)C1(N)CCCC1C(=O)C(C)N. The van der Waals surface area contributed by atoms with Crippen molar-refractivity contribution in [2.75, 3.05) is 6.61 Å². The lowest BCUT2D eigenvalue weighted by Crippen LogP contribution is -2.56. The fourth-order valence-corrected chi connectivity index (χ4v) is 2.25. The van der Waals surface area contributed by atoms with E-state index in [1.54, 1.807) is 13.8 Å². The Morgan fingerprint density at radius 2 is 2.12 bits per heavy atom. The van der Waals surface area contributed by atoms with Crippen molar-refractivity contribution in [2.45, 2.75) is 44.7 Å². The highest BCUT2D eigenvalue weighted by atomic mass is 79.9. The van der Waals surface area contributed by atoms with Crippen LogP contribution < -0.4 is 11.5 Å². The molecule has 1 aliphatic rings. The lowest BCUT2D eigenvalue weighted by molar-refractivity contribution is -0.153. The number of ketones is 1. The maximum atomic E-state index is 11.9. The Hall–Kier alpha value is -0.460. The molecule has 3 unspecified atom stereocenters. The van der Waals surface area contributed by atoms with Crippen LogP contribution in [0.2, 0.25) is 0 Å². The van der Waals surface area contributed by atoms with Gasteiger partial charge in [0, 0.05) is 5.92 Å². The zero-order chi connectivity index (χ0) is 12.3. The van der Waals surface area contributed by atoms with E-state index < -0.39 is 23.5 Å². The van der Waals surface area contributed by atoms with E-state index in [1.165, 1.54) is 0 Å². The molecule has 0 aromatic heterocycles. The first-order valence-electron chi connectivity index (χ1n) is 5.69. The molecule has 1 fully saturated rings. The van der Waals surface area contributed by atoms with Gasteiger partial charge in [0.15, 0.2) is 5.78 Å². The quantitative estimate of drug-likeness (QED) is 0.739. The summed E-state index contributed by atoms with van der Waals surface area (Å²) in [7, 11) is 0. The van der Waals surface area contributed by atoms with Gasteiger partial charge in [0.2, 0.25) is 0 Å². The van der Waals surface area contributed by atoms with E-state index in [0.29, 0.717) is 12.8 Å². The van der Waals surface area contributed by atoms with Crippen LogP contribution in [0.1, 0.15) is 33.1 Å². The smallest absolute Gasteiger partial charge is 0.326 e. The third kappa shape index (κ3) is 3.26. The standard InChI is InChI=1S/C11H20N2O3.BrH/c1-3-16-10(15)11(13)6-4-5-8(11)9(14)7(2)12;/h7-8H,3-6,12-13H2,1-2H3;1H. The van der Waals surface area contributed by atoms with Crippen molar-refractivity contribution in [3.63, 3.8) is 0 Å². The van der Waals surface area contributed by atoms with Crippen LogP contribution in [0.15, 0.2) is 0 Å². The first-order chi connectivity index (χ1) is 7.43. The number of halogens is 1. The van der Waals surface area contributed by atoms with Gasteiger partial charge >= 0.3 is 5.97 Å². The minimum Gasteiger partial charge on any atom is -0.465 e. The lowest BCUT2D eigenvalue weighted by atomic mass is 9.83. The van der Waals surface area contributed by atoms with E-state index in [2.05, 4.69) is 0 Å². The minimum atomic E-state index is -1.17. The molecule has 0 bridgehead atoms. The lowest BCUT2D eigenvalue weighted by Gasteiger charge is -2.28. The Morgan fingerprint density at radius 3 is 2.59 bits per heavy atom. The third-order valence-electron chi connectivity index (χ3n) is 3.15. The second kappa shape index (κ2) is 6.47. The van der Waals surface area contributed by atoms with Crippen LogP contribution in [-0.4, -0.2) is 29.9 Å². The fraction of sp³-hybridized carbons (Fsp3) is 0.818. The Bertz CT molecular complexity index is 296. The van der Waals surface area contributed by atoms with Gasteiger partial charge in [-0.15, -0.1) is 17.0 Å². The minimum absolute atomic E-state index is 0. The van der Waals surface area contributed by atoms with E-state index in [1.807, 2.05) is 0 Å². The van der Waals surface area contributed by atoms with Gasteiger partial charge in [0.05, 0.1) is 12.6 Å². The highest BCUT2D eigenvalue weighted by Crippen LogP contribution is 2.35. The number of ether oxygens (including phenoxy) is 1. The monoisotopic (exact) mass is 308 g/mol. The zero-order valence-electron chi connectivity index (χ0n) is 10.3. The van der Waals surface area contributed by atoms with E-state index >= 15 is 0 Å². The molecular formula is C11H21BrN2O3. The average Bonchev–Trinajstić information content (AvgIpc) is 2.61. The first kappa shape index (κ1) is 16.5. The van der Waals surface area contributed by atoms with Crippen molar-refractivity contribution >= 4 is 28.7 Å². The molecule has 1 rings (SSSR count). The van der Waals surface area contributed by atoms with Gasteiger partial charge < -0.3 is 16.2 Å². The van der Waals surface area contributed by atoms with Gasteiger partial charge in [-0.05, 0) is 26.7 Å². The number of hydrogen-bond donors (Lipinski definition) is 2. The van der Waals surface area contributed by atoms with Crippen LogP contribution in [0.25, 0.3) is 0 Å². The van der Waals surface area contributed by atoms with Crippen molar-refractivity contribution < 1.29 is 14.3 Å². The Kier molecular flexibility index (Phi) is 6.29. The maximum Gasteiger partial charge on any atom is 0.326 e. The summed E-state index contributed by atoms with van der Waals surface area (Å²) in [6.07, 6.45) is 1.88. The molecule has 0 saturated heterocycles. The second-order valence-electron chi connectivity index (χ2n) is 4.40. The van der Waals surface area contributed by atoms with Gasteiger partial charge in [-0.2, -0.15) is 0 Å². The van der Waals surface area contributed by atoms with Crippen LogP contribution in [0.5, 0.6) is 0 Å². The van der Waals surface area contributed by atoms with Crippen LogP contribution in [-0.2, 0) is 14.3 Å². The van der Waals surface area contributed by atoms with Gasteiger partial charge in [-0.1, -0.05) is 6.42 Å². The molecule has 100 valence electrons. The van der Waals surface area contributed by atoms with E-state index in [-0.39, 0.29) is 29.4 Å². The molecule has 0 amide bonds. The van der Waals surface area contributed by atoms with Gasteiger partial charge in [0.1, 0.15) is 5.54 Å². The zero-order valence-corrected chi connectivity index (χ0v) is 12.0. The molecular weight excluding hydrogens is 288 g/mol. The summed E-state index contributed by atoms with van der Waals surface area (Å²) in [5.41, 5.74) is 10.4. The molecule has 0 aliphatic heterocycles. The topological polar surface area (TPSA) is 95.4 Å². The van der Waals surface area contributed by atoms with Crippen LogP contribution >= 0.6 is 17.0 Å². The fourth-order valence-electron chi connectivity index (χ4n) is 2.25. The van der Waals surface area contributed by atoms with Gasteiger partial charge in [-0.25, -0.2) is 0 Å². The number of rotatable bonds is 4. The normalized spacial score (nSPS) is 29.3. The summed E-state index contributed by atoms with van der Waals surface area (Å²) >= 11 is 0. The van der Waals surface area contributed by atoms with Gasteiger partial charge in [-0.3, -0.25) is 9.59 Å². The second-order valence-corrected chi connectivity index (χ2v) is 4.40. The number of carbonyl (C=O) groups is 2. The molecule has 0 heterocycles. The van der Waals surface area contributed by atoms with E-state index in [9.17, 15) is 9.59 Å². The molecule has 17 heavy (non-hydrogen) atoms. The molecule has 0 aromatic rings. The molecule has 0 radical (unpaired) electrons. The molecule has 0 spiro atoms. The van der Waals surface area contributed by atoms with Crippen molar-refractivity contribution in [3.8, 4) is 0 Å². The number of hydrogen-bond acceptors (Lipinski definition) is 5. The van der Waals surface area contributed by atoms with Crippen LogP contribution in [0.3, 0.4) is 0 Å². The van der Waals surface area contributed by atoms with Crippen LogP contribution in [0, 0.1) is 5.92 Å². The Balaban J connectivity index is 0.00000256. The summed E-state index contributed by atoms with van der Waals surface area (Å²) in [5, 5.41) is 0. The Morgan fingerprint density at radius 1 is 1.53 bits per heavy atom. The van der Waals surface area contributed by atoms with E-state index in [0.717, 1.165) is 6.42 Å². The summed E-state index contributed by atoms with van der Waals surface area (Å²) in [4.78, 5) is 23.6. The predicted molar refractivity (Wildman–Crippen MR) is 69.9 cm³/mol. The van der Waals surface area contributed by atoms with Crippen molar-refractivity contribution in [1.82, 2.24) is 0 Å².